The quantitative estimate of drug-likeness (QED) is 0.458. The van der Waals surface area contributed by atoms with E-state index in [4.69, 9.17) is 0 Å². The smallest absolute Gasteiger partial charge is 0.275 e. The van der Waals surface area contributed by atoms with E-state index in [9.17, 15) is 14.0 Å². The molecular weight excluding hydrogens is 431 g/mol. The molecule has 1 aliphatic rings. The number of hydrogen-bond acceptors (Lipinski definition) is 3. The summed E-state index contributed by atoms with van der Waals surface area (Å²) in [6.07, 6.45) is 1.76. The summed E-state index contributed by atoms with van der Waals surface area (Å²) >= 11 is 0. The van der Waals surface area contributed by atoms with Gasteiger partial charge in [-0.2, -0.15) is 0 Å². The van der Waals surface area contributed by atoms with E-state index >= 15 is 0 Å². The summed E-state index contributed by atoms with van der Waals surface area (Å²) in [6.45, 7) is 7.14. The second-order valence-electron chi connectivity index (χ2n) is 9.45. The van der Waals surface area contributed by atoms with Gasteiger partial charge in [-0.1, -0.05) is 32.0 Å². The lowest BCUT2D eigenvalue weighted by molar-refractivity contribution is 0.0748. The lowest BCUT2D eigenvalue weighted by atomic mass is 10.1. The number of nitrogens with zero attached hydrogens (tertiary/aromatic N) is 4. The van der Waals surface area contributed by atoms with Crippen molar-refractivity contribution in [1.82, 2.24) is 14.0 Å². The zero-order chi connectivity index (χ0) is 24.0. The van der Waals surface area contributed by atoms with Gasteiger partial charge < -0.3 is 18.9 Å². The third kappa shape index (κ3) is 3.75. The van der Waals surface area contributed by atoms with Crippen LogP contribution in [0.25, 0.3) is 21.8 Å². The molecule has 2 aromatic carbocycles. The molecule has 34 heavy (non-hydrogen) atoms. The van der Waals surface area contributed by atoms with Crippen molar-refractivity contribution in [1.29, 1.82) is 0 Å². The van der Waals surface area contributed by atoms with E-state index < -0.39 is 0 Å². The highest BCUT2D eigenvalue weighted by molar-refractivity contribution is 6.17. The van der Waals surface area contributed by atoms with Gasteiger partial charge in [0.05, 0.1) is 5.56 Å². The van der Waals surface area contributed by atoms with E-state index in [0.29, 0.717) is 43.8 Å². The standard InChI is InChI=1S/C27H29FN4O2/c1-18(2)16-32-17-22(24-21-6-4-5-7-23(21)29(3)25(24)27(32)34)26(33)31-14-12-30(13-15-31)20-10-8-19(28)9-11-20/h4-11,17-18H,12-16H2,1-3H3. The first-order chi connectivity index (χ1) is 16.3. The fourth-order valence-electron chi connectivity index (χ4n) is 5.01. The van der Waals surface area contributed by atoms with Gasteiger partial charge in [-0.05, 0) is 36.2 Å². The summed E-state index contributed by atoms with van der Waals surface area (Å²) in [5, 5.41) is 1.65. The molecule has 0 atom stereocenters. The Balaban J connectivity index is 1.54. The normalized spacial score (nSPS) is 14.5. The largest absolute Gasteiger partial charge is 0.368 e. The second kappa shape index (κ2) is 8.63. The van der Waals surface area contributed by atoms with Gasteiger partial charge in [0.2, 0.25) is 0 Å². The Morgan fingerprint density at radius 1 is 1.00 bits per heavy atom. The summed E-state index contributed by atoms with van der Waals surface area (Å²) in [6, 6.07) is 14.3. The molecule has 0 bridgehead atoms. The maximum absolute atomic E-state index is 13.8. The molecule has 1 aliphatic heterocycles. The third-order valence-electron chi connectivity index (χ3n) is 6.68. The number of para-hydroxylation sites is 1. The van der Waals surface area contributed by atoms with Crippen LogP contribution in [-0.4, -0.2) is 46.1 Å². The van der Waals surface area contributed by atoms with Gasteiger partial charge in [-0.3, -0.25) is 9.59 Å². The van der Waals surface area contributed by atoms with Crippen molar-refractivity contribution in [3.05, 3.63) is 76.5 Å². The summed E-state index contributed by atoms with van der Waals surface area (Å²) in [7, 11) is 1.89. The number of piperazine rings is 1. The molecule has 0 N–H and O–H groups in total. The number of aryl methyl sites for hydroxylation is 1. The van der Waals surface area contributed by atoms with Crippen LogP contribution in [0.3, 0.4) is 0 Å². The van der Waals surface area contributed by atoms with Gasteiger partial charge >= 0.3 is 0 Å². The minimum atomic E-state index is -0.256. The number of anilines is 1. The minimum Gasteiger partial charge on any atom is -0.368 e. The summed E-state index contributed by atoms with van der Waals surface area (Å²) in [5.41, 5.74) is 2.96. The topological polar surface area (TPSA) is 50.5 Å². The molecule has 6 nitrogen and oxygen atoms in total. The molecule has 3 heterocycles. The molecule has 0 spiro atoms. The van der Waals surface area contributed by atoms with Gasteiger partial charge in [0.25, 0.3) is 11.5 Å². The molecule has 1 saturated heterocycles. The van der Waals surface area contributed by atoms with E-state index in [-0.39, 0.29) is 23.2 Å². The Morgan fingerprint density at radius 3 is 2.35 bits per heavy atom. The Bertz CT molecular complexity index is 1430. The van der Waals surface area contributed by atoms with Crippen LogP contribution in [0.1, 0.15) is 24.2 Å². The minimum absolute atomic E-state index is 0.0578. The number of benzene rings is 2. The third-order valence-corrected chi connectivity index (χ3v) is 6.68. The Morgan fingerprint density at radius 2 is 1.68 bits per heavy atom. The monoisotopic (exact) mass is 460 g/mol. The predicted molar refractivity (Wildman–Crippen MR) is 134 cm³/mol. The van der Waals surface area contributed by atoms with E-state index in [0.717, 1.165) is 22.0 Å². The average Bonchev–Trinajstić information content (AvgIpc) is 3.14. The highest BCUT2D eigenvalue weighted by Gasteiger charge is 2.27. The summed E-state index contributed by atoms with van der Waals surface area (Å²) < 4.78 is 16.9. The van der Waals surface area contributed by atoms with Crippen LogP contribution in [0.2, 0.25) is 0 Å². The molecule has 1 amide bonds. The van der Waals surface area contributed by atoms with Gasteiger partial charge in [0.1, 0.15) is 11.3 Å². The lowest BCUT2D eigenvalue weighted by Crippen LogP contribution is -2.49. The summed E-state index contributed by atoms with van der Waals surface area (Å²) in [5.74, 6) is -0.0437. The predicted octanol–water partition coefficient (Wildman–Crippen LogP) is 4.25. The van der Waals surface area contributed by atoms with Crippen LogP contribution in [0.15, 0.2) is 59.5 Å². The van der Waals surface area contributed by atoms with E-state index in [2.05, 4.69) is 18.7 Å². The van der Waals surface area contributed by atoms with Crippen LogP contribution in [0.4, 0.5) is 10.1 Å². The number of amides is 1. The molecule has 0 aliphatic carbocycles. The maximum atomic E-state index is 13.8. The van der Waals surface area contributed by atoms with Crippen molar-refractivity contribution < 1.29 is 9.18 Å². The van der Waals surface area contributed by atoms with E-state index in [1.54, 1.807) is 22.9 Å². The maximum Gasteiger partial charge on any atom is 0.275 e. The number of rotatable bonds is 4. The van der Waals surface area contributed by atoms with Gasteiger partial charge in [0.15, 0.2) is 0 Å². The van der Waals surface area contributed by atoms with Gasteiger partial charge in [-0.25, -0.2) is 4.39 Å². The Hall–Kier alpha value is -3.61. The molecule has 4 aromatic rings. The number of aromatic nitrogens is 2. The van der Waals surface area contributed by atoms with E-state index in [1.807, 2.05) is 40.8 Å². The molecule has 1 fully saturated rings. The number of carbonyl (C=O) groups is 1. The fourth-order valence-corrected chi connectivity index (χ4v) is 5.01. The second-order valence-corrected chi connectivity index (χ2v) is 9.45. The highest BCUT2D eigenvalue weighted by Crippen LogP contribution is 2.30. The zero-order valence-corrected chi connectivity index (χ0v) is 19.8. The molecule has 7 heteroatoms. The molecule has 0 saturated carbocycles. The Labute approximate surface area is 197 Å². The van der Waals surface area contributed by atoms with Crippen LogP contribution in [0.5, 0.6) is 0 Å². The average molecular weight is 461 g/mol. The number of pyridine rings is 1. The van der Waals surface area contributed by atoms with Crippen LogP contribution >= 0.6 is 0 Å². The molecule has 5 rings (SSSR count). The lowest BCUT2D eigenvalue weighted by Gasteiger charge is -2.36. The SMILES string of the molecule is CC(C)Cn1cc(C(=O)N2CCN(c3ccc(F)cc3)CC2)c2c3ccccc3n(C)c2c1=O. The number of halogens is 1. The first kappa shape index (κ1) is 22.2. The number of fused-ring (bicyclic) bond motifs is 3. The fraction of sp³-hybridized carbons (Fsp3) is 0.333. The number of hydrogen-bond donors (Lipinski definition) is 0. The summed E-state index contributed by atoms with van der Waals surface area (Å²) in [4.78, 5) is 31.3. The number of carbonyl (C=O) groups excluding carboxylic acids is 1. The highest BCUT2D eigenvalue weighted by atomic mass is 19.1. The van der Waals surface area contributed by atoms with Crippen LogP contribution < -0.4 is 10.5 Å². The van der Waals surface area contributed by atoms with Crippen molar-refractivity contribution >= 4 is 33.4 Å². The molecule has 176 valence electrons. The zero-order valence-electron chi connectivity index (χ0n) is 19.8. The van der Waals surface area contributed by atoms with E-state index in [1.165, 1.54) is 12.1 Å². The van der Waals surface area contributed by atoms with Crippen LogP contribution in [0, 0.1) is 11.7 Å². The van der Waals surface area contributed by atoms with Crippen molar-refractivity contribution in [3.63, 3.8) is 0 Å². The van der Waals surface area contributed by atoms with Gasteiger partial charge in [-0.15, -0.1) is 0 Å². The first-order valence-electron chi connectivity index (χ1n) is 11.8. The first-order valence-corrected chi connectivity index (χ1v) is 11.8. The van der Waals surface area contributed by atoms with Crippen LogP contribution in [-0.2, 0) is 13.6 Å². The van der Waals surface area contributed by atoms with Gasteiger partial charge in [0, 0.05) is 67.9 Å². The van der Waals surface area contributed by atoms with Crippen molar-refractivity contribution in [3.8, 4) is 0 Å². The molecular formula is C27H29FN4O2. The molecule has 0 radical (unpaired) electrons. The van der Waals surface area contributed by atoms with Crippen molar-refractivity contribution in [2.75, 3.05) is 31.1 Å². The van der Waals surface area contributed by atoms with Crippen molar-refractivity contribution in [2.24, 2.45) is 13.0 Å². The van der Waals surface area contributed by atoms with Crippen molar-refractivity contribution in [2.45, 2.75) is 20.4 Å². The molecule has 0 unspecified atom stereocenters. The Kier molecular flexibility index (Phi) is 5.63. The molecule has 2 aromatic heterocycles.